The number of hydrogen-bond donors (Lipinski definition) is 1. The molecule has 1 aromatic carbocycles. The van der Waals surface area contributed by atoms with Crippen molar-refractivity contribution in [2.24, 2.45) is 11.8 Å². The molecule has 1 N–H and O–H groups in total. The molecular formula is C20H30O2S. The van der Waals surface area contributed by atoms with Crippen molar-refractivity contribution in [3.63, 3.8) is 0 Å². The fraction of sp³-hybridized carbons (Fsp3) is 0.700. The molecule has 3 rings (SSSR count). The zero-order valence-electron chi connectivity index (χ0n) is 14.8. The van der Waals surface area contributed by atoms with Gasteiger partial charge in [-0.25, -0.2) is 0 Å². The first-order chi connectivity index (χ1) is 10.9. The summed E-state index contributed by atoms with van der Waals surface area (Å²) < 4.78 is 6.66. The molecule has 1 saturated carbocycles. The fourth-order valence-corrected chi connectivity index (χ4v) is 5.96. The van der Waals surface area contributed by atoms with Gasteiger partial charge >= 0.3 is 0 Å². The molecule has 0 radical (unpaired) electrons. The van der Waals surface area contributed by atoms with Gasteiger partial charge in [0.2, 0.25) is 0 Å². The van der Waals surface area contributed by atoms with E-state index in [1.54, 1.807) is 0 Å². The SMILES string of the molecule is CCC(O)(c1ccccc1)[C@@H]1O[C@@H]2CC(C)CC[C@H]2C(C)(C)S1. The van der Waals surface area contributed by atoms with E-state index in [1.807, 2.05) is 42.1 Å². The molecule has 3 heteroatoms. The molecule has 0 bridgehead atoms. The molecule has 0 amide bonds. The van der Waals surface area contributed by atoms with Crippen molar-refractivity contribution in [2.45, 2.75) is 75.3 Å². The molecule has 23 heavy (non-hydrogen) atoms. The lowest BCUT2D eigenvalue weighted by atomic mass is 9.74. The number of aliphatic hydroxyl groups is 1. The summed E-state index contributed by atoms with van der Waals surface area (Å²) in [7, 11) is 0. The molecule has 1 saturated heterocycles. The van der Waals surface area contributed by atoms with Crippen LogP contribution in [0.15, 0.2) is 30.3 Å². The predicted octanol–water partition coefficient (Wildman–Crippen LogP) is 4.96. The zero-order valence-corrected chi connectivity index (χ0v) is 15.6. The molecule has 2 unspecified atom stereocenters. The molecule has 1 aliphatic carbocycles. The number of ether oxygens (including phenoxy) is 1. The van der Waals surface area contributed by atoms with Gasteiger partial charge in [-0.2, -0.15) is 0 Å². The highest BCUT2D eigenvalue weighted by Crippen LogP contribution is 2.54. The molecule has 1 aliphatic heterocycles. The van der Waals surface area contributed by atoms with Crippen molar-refractivity contribution in [2.75, 3.05) is 0 Å². The molecule has 2 nitrogen and oxygen atoms in total. The summed E-state index contributed by atoms with van der Waals surface area (Å²) in [5.74, 6) is 1.32. The van der Waals surface area contributed by atoms with Crippen molar-refractivity contribution in [3.8, 4) is 0 Å². The predicted molar refractivity (Wildman–Crippen MR) is 97.5 cm³/mol. The molecule has 5 atom stereocenters. The monoisotopic (exact) mass is 334 g/mol. The van der Waals surface area contributed by atoms with Gasteiger partial charge in [-0.05, 0) is 36.7 Å². The maximum Gasteiger partial charge on any atom is 0.137 e. The number of benzene rings is 1. The Morgan fingerprint density at radius 2 is 1.96 bits per heavy atom. The van der Waals surface area contributed by atoms with Crippen LogP contribution in [0.3, 0.4) is 0 Å². The summed E-state index contributed by atoms with van der Waals surface area (Å²) in [4.78, 5) is 0. The van der Waals surface area contributed by atoms with E-state index in [0.717, 1.165) is 17.9 Å². The number of fused-ring (bicyclic) bond motifs is 1. The lowest BCUT2D eigenvalue weighted by Gasteiger charge is -2.53. The van der Waals surface area contributed by atoms with Crippen molar-refractivity contribution < 1.29 is 9.84 Å². The van der Waals surface area contributed by atoms with Crippen LogP contribution in [0.25, 0.3) is 0 Å². The third-order valence-electron chi connectivity index (χ3n) is 5.86. The van der Waals surface area contributed by atoms with Crippen LogP contribution >= 0.6 is 11.8 Å². The Bertz CT molecular complexity index is 530. The molecule has 1 heterocycles. The van der Waals surface area contributed by atoms with E-state index in [-0.39, 0.29) is 16.3 Å². The minimum absolute atomic E-state index is 0.144. The summed E-state index contributed by atoms with van der Waals surface area (Å²) in [5.41, 5.74) is -0.149. The first kappa shape index (κ1) is 17.3. The summed E-state index contributed by atoms with van der Waals surface area (Å²) >= 11 is 1.83. The van der Waals surface area contributed by atoms with Gasteiger partial charge in [0.05, 0.1) is 6.10 Å². The lowest BCUT2D eigenvalue weighted by molar-refractivity contribution is -0.138. The smallest absolute Gasteiger partial charge is 0.137 e. The van der Waals surface area contributed by atoms with Crippen LogP contribution in [0.1, 0.15) is 58.9 Å². The molecule has 128 valence electrons. The van der Waals surface area contributed by atoms with E-state index in [0.29, 0.717) is 12.3 Å². The van der Waals surface area contributed by atoms with Gasteiger partial charge in [-0.3, -0.25) is 0 Å². The number of rotatable bonds is 3. The Kier molecular flexibility index (Phi) is 4.83. The van der Waals surface area contributed by atoms with Crippen LogP contribution in [0.4, 0.5) is 0 Å². The average molecular weight is 335 g/mol. The third kappa shape index (κ3) is 3.20. The highest BCUT2D eigenvalue weighted by molar-refractivity contribution is 8.01. The second-order valence-corrected chi connectivity index (χ2v) is 9.61. The first-order valence-electron chi connectivity index (χ1n) is 8.98. The summed E-state index contributed by atoms with van der Waals surface area (Å²) in [6.07, 6.45) is 4.61. The number of thioether (sulfide) groups is 1. The van der Waals surface area contributed by atoms with Gasteiger partial charge in [-0.1, -0.05) is 64.4 Å². The van der Waals surface area contributed by atoms with Crippen LogP contribution in [-0.2, 0) is 10.3 Å². The van der Waals surface area contributed by atoms with Crippen molar-refractivity contribution >= 4 is 11.8 Å². The van der Waals surface area contributed by atoms with Gasteiger partial charge in [0.25, 0.3) is 0 Å². The van der Waals surface area contributed by atoms with E-state index in [4.69, 9.17) is 4.74 Å². The molecule has 0 aromatic heterocycles. The fourth-order valence-electron chi connectivity index (χ4n) is 4.27. The largest absolute Gasteiger partial charge is 0.382 e. The third-order valence-corrected chi connectivity index (χ3v) is 7.48. The zero-order chi connectivity index (χ0) is 16.7. The van der Waals surface area contributed by atoms with Gasteiger partial charge < -0.3 is 9.84 Å². The van der Waals surface area contributed by atoms with Gasteiger partial charge in [-0.15, -0.1) is 11.8 Å². The van der Waals surface area contributed by atoms with E-state index >= 15 is 0 Å². The molecule has 2 aliphatic rings. The summed E-state index contributed by atoms with van der Waals surface area (Å²) in [6, 6.07) is 10.0. The van der Waals surface area contributed by atoms with Gasteiger partial charge in [0, 0.05) is 4.75 Å². The maximum atomic E-state index is 11.5. The van der Waals surface area contributed by atoms with Crippen LogP contribution in [-0.4, -0.2) is 21.4 Å². The normalized spacial score (nSPS) is 36.0. The highest BCUT2D eigenvalue weighted by Gasteiger charge is 2.52. The Labute approximate surface area is 145 Å². The maximum absolute atomic E-state index is 11.5. The van der Waals surface area contributed by atoms with E-state index in [2.05, 4.69) is 27.7 Å². The molecular weight excluding hydrogens is 304 g/mol. The van der Waals surface area contributed by atoms with Crippen LogP contribution < -0.4 is 0 Å². The van der Waals surface area contributed by atoms with Crippen LogP contribution in [0.5, 0.6) is 0 Å². The van der Waals surface area contributed by atoms with Crippen LogP contribution in [0, 0.1) is 11.8 Å². The lowest BCUT2D eigenvalue weighted by Crippen LogP contribution is -2.54. The molecule has 1 aromatic rings. The molecule has 2 fully saturated rings. The average Bonchev–Trinajstić information content (AvgIpc) is 2.53. The topological polar surface area (TPSA) is 29.5 Å². The first-order valence-corrected chi connectivity index (χ1v) is 9.86. The minimum atomic E-state index is -0.922. The van der Waals surface area contributed by atoms with Gasteiger partial charge in [0.15, 0.2) is 0 Å². The summed E-state index contributed by atoms with van der Waals surface area (Å²) in [5, 5.41) is 11.5. The number of hydrogen-bond acceptors (Lipinski definition) is 3. The van der Waals surface area contributed by atoms with E-state index < -0.39 is 5.60 Å². The highest BCUT2D eigenvalue weighted by atomic mass is 32.2. The van der Waals surface area contributed by atoms with Crippen molar-refractivity contribution in [1.82, 2.24) is 0 Å². The van der Waals surface area contributed by atoms with Crippen molar-refractivity contribution in [3.05, 3.63) is 35.9 Å². The van der Waals surface area contributed by atoms with E-state index in [1.165, 1.54) is 12.8 Å². The second-order valence-electron chi connectivity index (χ2n) is 7.90. The quantitative estimate of drug-likeness (QED) is 0.847. The Morgan fingerprint density at radius 1 is 1.26 bits per heavy atom. The van der Waals surface area contributed by atoms with Crippen LogP contribution in [0.2, 0.25) is 0 Å². The standard InChI is InChI=1S/C20H30O2S/c1-5-20(21,15-9-7-6-8-10-15)18-22-17-13-14(2)11-12-16(17)19(3,4)23-18/h6-10,14,16-18,21H,5,11-13H2,1-4H3/t14?,16-,17-,18-,20?/m1/s1. The molecule has 0 spiro atoms. The van der Waals surface area contributed by atoms with E-state index in [9.17, 15) is 5.11 Å². The minimum Gasteiger partial charge on any atom is -0.382 e. The summed E-state index contributed by atoms with van der Waals surface area (Å²) in [6.45, 7) is 9.05. The van der Waals surface area contributed by atoms with Crippen molar-refractivity contribution in [1.29, 1.82) is 0 Å². The second kappa shape index (κ2) is 6.42. The Balaban J connectivity index is 1.90. The van der Waals surface area contributed by atoms with Gasteiger partial charge in [0.1, 0.15) is 11.0 Å². The Morgan fingerprint density at radius 3 is 2.61 bits per heavy atom. The Hall–Kier alpha value is -0.510.